The van der Waals surface area contributed by atoms with Crippen LogP contribution in [0.15, 0.2) is 4.52 Å². The number of hydrogen-bond acceptors (Lipinski definition) is 6. The lowest BCUT2D eigenvalue weighted by Gasteiger charge is -2.36. The molecule has 3 rings (SSSR count). The molecule has 2 fully saturated rings. The molecular weight excluding hydrogens is 258 g/mol. The molecule has 6 nitrogen and oxygen atoms in total. The van der Waals surface area contributed by atoms with E-state index in [1.807, 2.05) is 0 Å². The Hall–Kier alpha value is -0.980. The van der Waals surface area contributed by atoms with Crippen molar-refractivity contribution in [3.05, 3.63) is 11.7 Å². The van der Waals surface area contributed by atoms with Crippen LogP contribution in [0.1, 0.15) is 50.7 Å². The molecule has 0 radical (unpaired) electrons. The summed E-state index contributed by atoms with van der Waals surface area (Å²) in [4.78, 5) is 4.47. The van der Waals surface area contributed by atoms with Crippen molar-refractivity contribution < 1.29 is 14.4 Å². The van der Waals surface area contributed by atoms with Crippen LogP contribution in [0.2, 0.25) is 0 Å². The summed E-state index contributed by atoms with van der Waals surface area (Å²) in [5.41, 5.74) is -1.48. The molecule has 3 unspecified atom stereocenters. The Morgan fingerprint density at radius 3 is 2.95 bits per heavy atom. The van der Waals surface area contributed by atoms with Crippen molar-refractivity contribution >= 4 is 0 Å². The summed E-state index contributed by atoms with van der Waals surface area (Å²) in [6.07, 6.45) is 4.72. The van der Waals surface area contributed by atoms with Crippen molar-refractivity contribution in [3.63, 3.8) is 0 Å². The zero-order valence-corrected chi connectivity index (χ0v) is 12.2. The van der Waals surface area contributed by atoms with Gasteiger partial charge in [0.2, 0.25) is 5.82 Å². The van der Waals surface area contributed by atoms with E-state index in [1.165, 1.54) is 6.42 Å². The molecule has 1 aliphatic carbocycles. The molecule has 0 spiro atoms. The van der Waals surface area contributed by atoms with Gasteiger partial charge in [-0.05, 0) is 38.1 Å². The predicted octanol–water partition coefficient (Wildman–Crippen LogP) is 1.30. The molecule has 2 N–H and O–H groups in total. The van der Waals surface area contributed by atoms with Crippen LogP contribution >= 0.6 is 0 Å². The van der Waals surface area contributed by atoms with Crippen molar-refractivity contribution in [1.29, 1.82) is 0 Å². The van der Waals surface area contributed by atoms with Gasteiger partial charge < -0.3 is 19.7 Å². The van der Waals surface area contributed by atoms with E-state index < -0.39 is 11.2 Å². The number of rotatable bonds is 3. The molecule has 6 heteroatoms. The van der Waals surface area contributed by atoms with Gasteiger partial charge in [0, 0.05) is 13.7 Å². The van der Waals surface area contributed by atoms with E-state index in [9.17, 15) is 5.11 Å². The van der Waals surface area contributed by atoms with Crippen molar-refractivity contribution in [3.8, 4) is 0 Å². The largest absolute Gasteiger partial charge is 0.379 e. The molecule has 1 aliphatic heterocycles. The van der Waals surface area contributed by atoms with Crippen molar-refractivity contribution in [2.24, 2.45) is 5.92 Å². The van der Waals surface area contributed by atoms with Crippen molar-refractivity contribution in [2.75, 3.05) is 20.2 Å². The van der Waals surface area contributed by atoms with E-state index in [0.717, 1.165) is 25.8 Å². The summed E-state index contributed by atoms with van der Waals surface area (Å²) in [5, 5.41) is 17.7. The topological polar surface area (TPSA) is 80.4 Å². The van der Waals surface area contributed by atoms with E-state index in [4.69, 9.17) is 9.26 Å². The number of aromatic nitrogens is 2. The molecule has 0 amide bonds. The van der Waals surface area contributed by atoms with E-state index in [0.29, 0.717) is 30.6 Å². The molecule has 2 aliphatic rings. The molecule has 0 bridgehead atoms. The Kier molecular flexibility index (Phi) is 3.56. The zero-order valence-electron chi connectivity index (χ0n) is 12.2. The maximum absolute atomic E-state index is 10.5. The first-order valence-electron chi connectivity index (χ1n) is 7.41. The summed E-state index contributed by atoms with van der Waals surface area (Å²) in [5.74, 6) is 1.48. The zero-order chi connectivity index (χ0) is 14.2. The monoisotopic (exact) mass is 281 g/mol. The van der Waals surface area contributed by atoms with Gasteiger partial charge in [-0.15, -0.1) is 0 Å². The van der Waals surface area contributed by atoms with Crippen LogP contribution in [-0.4, -0.2) is 35.4 Å². The molecule has 1 saturated heterocycles. The smallest absolute Gasteiger partial charge is 0.260 e. The first-order valence-corrected chi connectivity index (χ1v) is 7.41. The van der Waals surface area contributed by atoms with Crippen molar-refractivity contribution in [2.45, 2.75) is 50.2 Å². The molecule has 20 heavy (non-hydrogen) atoms. The normalized spacial score (nSPS) is 38.2. The van der Waals surface area contributed by atoms with Gasteiger partial charge in [0.15, 0.2) is 5.60 Å². The molecule has 1 saturated carbocycles. The fourth-order valence-electron chi connectivity index (χ4n) is 3.44. The summed E-state index contributed by atoms with van der Waals surface area (Å²) in [6.45, 7) is 3.45. The second-order valence-corrected chi connectivity index (χ2v) is 6.28. The molecule has 1 aromatic rings. The van der Waals surface area contributed by atoms with Crippen molar-refractivity contribution in [1.82, 2.24) is 15.5 Å². The Morgan fingerprint density at radius 2 is 2.30 bits per heavy atom. The third-order valence-electron chi connectivity index (χ3n) is 4.71. The molecule has 1 aromatic heterocycles. The van der Waals surface area contributed by atoms with E-state index in [-0.39, 0.29) is 0 Å². The van der Waals surface area contributed by atoms with Crippen LogP contribution in [0.25, 0.3) is 0 Å². The van der Waals surface area contributed by atoms with Gasteiger partial charge in [0.25, 0.3) is 5.89 Å². The van der Waals surface area contributed by atoms with Crippen LogP contribution in [0.5, 0.6) is 0 Å². The third kappa shape index (κ3) is 2.25. The molecule has 3 atom stereocenters. The average Bonchev–Trinajstić information content (AvgIpc) is 3.08. The summed E-state index contributed by atoms with van der Waals surface area (Å²) in [6, 6.07) is 0. The Balaban J connectivity index is 1.88. The van der Waals surface area contributed by atoms with Crippen LogP contribution in [0, 0.1) is 5.92 Å². The highest BCUT2D eigenvalue weighted by Gasteiger charge is 2.44. The highest BCUT2D eigenvalue weighted by molar-refractivity contribution is 5.09. The molecule has 112 valence electrons. The lowest BCUT2D eigenvalue weighted by atomic mass is 9.78. The maximum Gasteiger partial charge on any atom is 0.260 e. The van der Waals surface area contributed by atoms with Gasteiger partial charge in [-0.2, -0.15) is 4.98 Å². The highest BCUT2D eigenvalue weighted by atomic mass is 16.5. The number of aliphatic hydroxyl groups is 1. The number of β-amino-alcohol motifs (C(OH)–C–C–N with tert-alkyl or cyclic N) is 1. The number of ether oxygens (including phenoxy) is 1. The lowest BCUT2D eigenvalue weighted by molar-refractivity contribution is -0.0658. The van der Waals surface area contributed by atoms with Crippen LogP contribution < -0.4 is 5.32 Å². The van der Waals surface area contributed by atoms with Crippen LogP contribution in [0.4, 0.5) is 0 Å². The van der Waals surface area contributed by atoms with Gasteiger partial charge in [0.1, 0.15) is 5.60 Å². The SMILES string of the molecule is COC1(c2noc(C3(O)CCNC3)n2)CCCC(C)C1. The minimum atomic E-state index is -1.03. The quantitative estimate of drug-likeness (QED) is 0.869. The first kappa shape index (κ1) is 14.0. The average molecular weight is 281 g/mol. The second kappa shape index (κ2) is 5.09. The van der Waals surface area contributed by atoms with E-state index in [2.05, 4.69) is 22.4 Å². The van der Waals surface area contributed by atoms with Gasteiger partial charge in [-0.3, -0.25) is 0 Å². The Labute approximate surface area is 118 Å². The Morgan fingerprint density at radius 1 is 1.45 bits per heavy atom. The van der Waals surface area contributed by atoms with Gasteiger partial charge in [-0.1, -0.05) is 18.5 Å². The van der Waals surface area contributed by atoms with Gasteiger partial charge in [0.05, 0.1) is 0 Å². The highest BCUT2D eigenvalue weighted by Crippen LogP contribution is 2.41. The summed E-state index contributed by atoms with van der Waals surface area (Å²) < 4.78 is 11.1. The minimum Gasteiger partial charge on any atom is -0.379 e. The first-order chi connectivity index (χ1) is 9.58. The van der Waals surface area contributed by atoms with E-state index >= 15 is 0 Å². The molecule has 0 aromatic carbocycles. The van der Waals surface area contributed by atoms with Crippen LogP contribution in [0.3, 0.4) is 0 Å². The fraction of sp³-hybridized carbons (Fsp3) is 0.857. The summed E-state index contributed by atoms with van der Waals surface area (Å²) >= 11 is 0. The van der Waals surface area contributed by atoms with Gasteiger partial charge in [-0.25, -0.2) is 0 Å². The standard InChI is InChI=1S/C14H23N3O3/c1-10-4-3-5-14(8-10,19-2)11-16-12(20-17-11)13(18)6-7-15-9-13/h10,15,18H,3-9H2,1-2H3. The Bertz CT molecular complexity index is 470. The third-order valence-corrected chi connectivity index (χ3v) is 4.71. The number of nitrogens with one attached hydrogen (secondary N) is 1. The fourth-order valence-corrected chi connectivity index (χ4v) is 3.44. The summed E-state index contributed by atoms with van der Waals surface area (Å²) in [7, 11) is 1.71. The maximum atomic E-state index is 10.5. The molecular formula is C14H23N3O3. The van der Waals surface area contributed by atoms with Gasteiger partial charge >= 0.3 is 0 Å². The lowest BCUT2D eigenvalue weighted by Crippen LogP contribution is -2.36. The molecule has 2 heterocycles. The predicted molar refractivity (Wildman–Crippen MR) is 72.0 cm³/mol. The second-order valence-electron chi connectivity index (χ2n) is 6.28. The minimum absolute atomic E-state index is 0.312. The van der Waals surface area contributed by atoms with Crippen LogP contribution in [-0.2, 0) is 15.9 Å². The number of methoxy groups -OCH3 is 1. The number of nitrogens with zero attached hydrogens (tertiary/aromatic N) is 2. The number of hydrogen-bond donors (Lipinski definition) is 2. The van der Waals surface area contributed by atoms with E-state index in [1.54, 1.807) is 7.11 Å².